The van der Waals surface area contributed by atoms with Crippen LogP contribution in [-0.2, 0) is 22.5 Å². The summed E-state index contributed by atoms with van der Waals surface area (Å²) < 4.78 is 46.3. The number of aliphatic hydroxyl groups is 1. The quantitative estimate of drug-likeness (QED) is 0.386. The van der Waals surface area contributed by atoms with Gasteiger partial charge in [0.2, 0.25) is 5.60 Å². The summed E-state index contributed by atoms with van der Waals surface area (Å²) in [4.78, 5) is 36.8. The molecule has 42 heavy (non-hydrogen) atoms. The summed E-state index contributed by atoms with van der Waals surface area (Å²) in [5.41, 5.74) is 2.77. The van der Waals surface area contributed by atoms with Gasteiger partial charge in [0.1, 0.15) is 11.2 Å². The summed E-state index contributed by atoms with van der Waals surface area (Å²) in [6, 6.07) is 5.62. The summed E-state index contributed by atoms with van der Waals surface area (Å²) in [7, 11) is 0. The molecule has 1 aromatic carbocycles. The first-order valence-corrected chi connectivity index (χ1v) is 14.2. The highest BCUT2D eigenvalue weighted by Gasteiger charge is 2.57. The number of rotatable bonds is 3. The van der Waals surface area contributed by atoms with Gasteiger partial charge in [0, 0.05) is 42.5 Å². The van der Waals surface area contributed by atoms with Crippen LogP contribution in [-0.4, -0.2) is 67.3 Å². The summed E-state index contributed by atoms with van der Waals surface area (Å²) in [6.45, 7) is 10.3. The van der Waals surface area contributed by atoms with Crippen molar-refractivity contribution >= 4 is 23.0 Å². The molecule has 0 spiro atoms. The van der Waals surface area contributed by atoms with Crippen LogP contribution in [0.25, 0.3) is 22.2 Å². The van der Waals surface area contributed by atoms with E-state index in [1.165, 1.54) is 0 Å². The highest BCUT2D eigenvalue weighted by atomic mass is 19.4. The molecule has 0 aliphatic carbocycles. The normalized spacial score (nSPS) is 19.1. The van der Waals surface area contributed by atoms with Crippen molar-refractivity contribution in [2.24, 2.45) is 0 Å². The molecule has 2 aromatic heterocycles. The number of aromatic amines is 1. The number of carbonyl (C=O) groups is 2. The third kappa shape index (κ3) is 5.34. The number of aryl methyl sites for hydroxylation is 2. The Morgan fingerprint density at radius 3 is 2.45 bits per heavy atom. The first-order chi connectivity index (χ1) is 19.5. The lowest BCUT2D eigenvalue weighted by Gasteiger charge is -2.37. The first kappa shape index (κ1) is 29.9. The van der Waals surface area contributed by atoms with Crippen molar-refractivity contribution in [2.45, 2.75) is 90.8 Å². The van der Waals surface area contributed by atoms with Crippen LogP contribution in [0.4, 0.5) is 18.0 Å². The standard InChI is InChI=1S/C31H37F3N4O4/c1-17-18(2)36-26-22(17)14-21(15-35-26)20-12-19-9-11-37(27(39)30(6,41)31(32,33)34)16-24(19)23(13-20)25-8-7-10-38(25)28(40)42-29(3,4)5/h12-15,25,41H,7-11,16H2,1-6H3,(H,35,36). The molecule has 8 nitrogen and oxygen atoms in total. The number of amides is 2. The van der Waals surface area contributed by atoms with Gasteiger partial charge in [-0.25, -0.2) is 9.78 Å². The molecule has 4 heterocycles. The van der Waals surface area contributed by atoms with Crippen LogP contribution in [0.5, 0.6) is 0 Å². The van der Waals surface area contributed by atoms with Crippen molar-refractivity contribution < 1.29 is 32.6 Å². The lowest BCUT2D eigenvalue weighted by atomic mass is 9.86. The van der Waals surface area contributed by atoms with Crippen LogP contribution >= 0.6 is 0 Å². The van der Waals surface area contributed by atoms with Crippen LogP contribution in [0.3, 0.4) is 0 Å². The molecule has 1 saturated heterocycles. The number of nitrogens with zero attached hydrogens (tertiary/aromatic N) is 3. The first-order valence-electron chi connectivity index (χ1n) is 14.2. The minimum absolute atomic E-state index is 0.0226. The van der Waals surface area contributed by atoms with Gasteiger partial charge in [-0.2, -0.15) is 13.2 Å². The smallest absolute Gasteiger partial charge is 0.426 e. The van der Waals surface area contributed by atoms with Crippen LogP contribution in [0.2, 0.25) is 0 Å². The highest BCUT2D eigenvalue weighted by Crippen LogP contribution is 2.41. The number of ether oxygens (including phenoxy) is 1. The molecule has 2 aliphatic rings. The Balaban J connectivity index is 1.60. The number of fused-ring (bicyclic) bond motifs is 2. The Hall–Kier alpha value is -3.60. The van der Waals surface area contributed by atoms with Gasteiger partial charge < -0.3 is 24.6 Å². The van der Waals surface area contributed by atoms with Crippen molar-refractivity contribution in [3.8, 4) is 11.1 Å². The SMILES string of the molecule is Cc1[nH]c2ncc(-c3cc4c(c(C5CCCN5C(=O)OC(C)(C)C)c3)CN(C(=O)C(C)(O)C(F)(F)F)CC4)cc2c1C. The van der Waals surface area contributed by atoms with Gasteiger partial charge in [0.05, 0.1) is 6.04 Å². The second-order valence-electron chi connectivity index (χ2n) is 12.6. The maximum absolute atomic E-state index is 13.6. The van der Waals surface area contributed by atoms with Crippen LogP contribution in [0.1, 0.15) is 74.5 Å². The van der Waals surface area contributed by atoms with Gasteiger partial charge in [-0.15, -0.1) is 0 Å². The Bertz CT molecular complexity index is 1550. The van der Waals surface area contributed by atoms with Gasteiger partial charge in [-0.05, 0) is 101 Å². The number of likely N-dealkylation sites (tertiary alicyclic amines) is 1. The third-order valence-electron chi connectivity index (χ3n) is 8.37. The zero-order valence-electron chi connectivity index (χ0n) is 24.8. The summed E-state index contributed by atoms with van der Waals surface area (Å²) in [6.07, 6.45) is -2.14. The van der Waals surface area contributed by atoms with E-state index in [4.69, 9.17) is 4.74 Å². The van der Waals surface area contributed by atoms with Crippen molar-refractivity contribution in [1.29, 1.82) is 0 Å². The van der Waals surface area contributed by atoms with Crippen LogP contribution in [0, 0.1) is 13.8 Å². The van der Waals surface area contributed by atoms with Crippen molar-refractivity contribution in [2.75, 3.05) is 13.1 Å². The van der Waals surface area contributed by atoms with Crippen molar-refractivity contribution in [1.82, 2.24) is 19.8 Å². The second kappa shape index (κ2) is 10.3. The summed E-state index contributed by atoms with van der Waals surface area (Å²) in [5, 5.41) is 11.1. The van der Waals surface area contributed by atoms with E-state index in [0.717, 1.165) is 55.9 Å². The molecule has 2 aliphatic heterocycles. The summed E-state index contributed by atoms with van der Waals surface area (Å²) >= 11 is 0. The van der Waals surface area contributed by atoms with E-state index in [9.17, 15) is 27.9 Å². The Morgan fingerprint density at radius 1 is 1.07 bits per heavy atom. The Morgan fingerprint density at radius 2 is 1.79 bits per heavy atom. The molecule has 2 unspecified atom stereocenters. The molecule has 2 N–H and O–H groups in total. The number of benzene rings is 1. The minimum Gasteiger partial charge on any atom is -0.444 e. The van der Waals surface area contributed by atoms with E-state index in [2.05, 4.69) is 16.0 Å². The molecule has 0 saturated carbocycles. The van der Waals surface area contributed by atoms with E-state index >= 15 is 0 Å². The van der Waals surface area contributed by atoms with Crippen molar-refractivity contribution in [3.05, 3.63) is 52.3 Å². The van der Waals surface area contributed by atoms with E-state index in [-0.39, 0.29) is 19.1 Å². The summed E-state index contributed by atoms with van der Waals surface area (Å²) in [5.74, 6) is -1.39. The third-order valence-corrected chi connectivity index (χ3v) is 8.37. The van der Waals surface area contributed by atoms with Gasteiger partial charge in [-0.3, -0.25) is 4.79 Å². The lowest BCUT2D eigenvalue weighted by molar-refractivity contribution is -0.250. The van der Waals surface area contributed by atoms with E-state index in [1.54, 1.807) is 31.9 Å². The van der Waals surface area contributed by atoms with E-state index < -0.39 is 29.4 Å². The molecule has 0 bridgehead atoms. The second-order valence-corrected chi connectivity index (χ2v) is 12.6. The van der Waals surface area contributed by atoms with Crippen LogP contribution < -0.4 is 0 Å². The number of hydrogen-bond donors (Lipinski definition) is 2. The maximum atomic E-state index is 13.6. The molecule has 11 heteroatoms. The number of nitrogens with one attached hydrogen (secondary N) is 1. The van der Waals surface area contributed by atoms with Crippen molar-refractivity contribution in [3.63, 3.8) is 0 Å². The van der Waals surface area contributed by atoms with E-state index in [0.29, 0.717) is 31.9 Å². The number of halogens is 3. The molecule has 2 atom stereocenters. The van der Waals surface area contributed by atoms with Gasteiger partial charge >= 0.3 is 12.3 Å². The fourth-order valence-corrected chi connectivity index (χ4v) is 5.87. The lowest BCUT2D eigenvalue weighted by Crippen LogP contribution is -2.56. The average molecular weight is 587 g/mol. The molecule has 3 aromatic rings. The van der Waals surface area contributed by atoms with Gasteiger partial charge in [0.15, 0.2) is 0 Å². The topological polar surface area (TPSA) is 98.8 Å². The predicted molar refractivity (Wildman–Crippen MR) is 152 cm³/mol. The zero-order valence-corrected chi connectivity index (χ0v) is 24.8. The molecule has 1 fully saturated rings. The fourth-order valence-electron chi connectivity index (χ4n) is 5.87. The van der Waals surface area contributed by atoms with Gasteiger partial charge in [-0.1, -0.05) is 6.07 Å². The maximum Gasteiger partial charge on any atom is 0.426 e. The van der Waals surface area contributed by atoms with Gasteiger partial charge in [0.25, 0.3) is 5.91 Å². The number of hydrogen-bond acceptors (Lipinski definition) is 5. The molecular formula is C31H37F3N4O4. The molecule has 226 valence electrons. The number of carbonyl (C=O) groups excluding carboxylic acids is 2. The molecule has 5 rings (SSSR count). The van der Waals surface area contributed by atoms with E-state index in [1.807, 2.05) is 26.0 Å². The number of H-pyrrole nitrogens is 1. The molecule has 0 radical (unpaired) electrons. The minimum atomic E-state index is -5.11. The Labute approximate surface area is 242 Å². The average Bonchev–Trinajstić information content (AvgIpc) is 3.50. The number of alkyl halides is 3. The molecular weight excluding hydrogens is 549 g/mol. The monoisotopic (exact) mass is 586 g/mol. The zero-order chi connectivity index (χ0) is 30.8. The highest BCUT2D eigenvalue weighted by molar-refractivity contribution is 5.87. The fraction of sp³-hybridized carbons (Fsp3) is 0.516. The number of pyridine rings is 1. The van der Waals surface area contributed by atoms with Crippen LogP contribution in [0.15, 0.2) is 24.4 Å². The number of aromatic nitrogens is 2. The predicted octanol–water partition coefficient (Wildman–Crippen LogP) is 6.12. The Kier molecular flexibility index (Phi) is 7.32. The largest absolute Gasteiger partial charge is 0.444 e. The molecule has 2 amide bonds.